The molecule has 0 spiro atoms. The van der Waals surface area contributed by atoms with Crippen LogP contribution < -0.4 is 5.73 Å². The van der Waals surface area contributed by atoms with Gasteiger partial charge in [0.05, 0.1) is 17.1 Å². The summed E-state index contributed by atoms with van der Waals surface area (Å²) in [5.74, 6) is 0.887. The molecule has 0 aliphatic carbocycles. The van der Waals surface area contributed by atoms with Crippen LogP contribution in [-0.2, 0) is 7.05 Å². The monoisotopic (exact) mass is 287 g/mol. The van der Waals surface area contributed by atoms with Crippen LogP contribution in [0.2, 0.25) is 0 Å². The lowest BCUT2D eigenvalue weighted by Gasteiger charge is -2.14. The fourth-order valence-electron chi connectivity index (χ4n) is 3.10. The number of nitrogens with two attached hydrogens (primary N) is 1. The first-order valence-electron chi connectivity index (χ1n) is 7.40. The second kappa shape index (κ2) is 4.97. The van der Waals surface area contributed by atoms with Crippen molar-refractivity contribution in [3.8, 4) is 0 Å². The highest BCUT2D eigenvalue weighted by atomic mass is 15.1. The van der Waals surface area contributed by atoms with Crippen LogP contribution in [0.15, 0.2) is 66.7 Å². The third kappa shape index (κ3) is 1.90. The van der Waals surface area contributed by atoms with E-state index in [4.69, 9.17) is 10.7 Å². The van der Waals surface area contributed by atoms with Crippen LogP contribution in [-0.4, -0.2) is 9.55 Å². The minimum atomic E-state index is -0.247. The van der Waals surface area contributed by atoms with Crippen molar-refractivity contribution in [1.29, 1.82) is 0 Å². The second-order valence-electron chi connectivity index (χ2n) is 5.56. The lowest BCUT2D eigenvalue weighted by Crippen LogP contribution is -2.17. The predicted molar refractivity (Wildman–Crippen MR) is 90.7 cm³/mol. The zero-order valence-electron chi connectivity index (χ0n) is 12.4. The zero-order chi connectivity index (χ0) is 15.1. The van der Waals surface area contributed by atoms with Crippen LogP contribution in [0.4, 0.5) is 0 Å². The van der Waals surface area contributed by atoms with Crippen molar-refractivity contribution in [3.63, 3.8) is 0 Å². The van der Waals surface area contributed by atoms with Crippen LogP contribution in [0, 0.1) is 0 Å². The minimum Gasteiger partial charge on any atom is -0.330 e. The molecule has 0 bridgehead atoms. The van der Waals surface area contributed by atoms with Crippen molar-refractivity contribution < 1.29 is 0 Å². The van der Waals surface area contributed by atoms with Crippen molar-refractivity contribution >= 4 is 21.8 Å². The molecule has 0 radical (unpaired) electrons. The van der Waals surface area contributed by atoms with Gasteiger partial charge < -0.3 is 10.3 Å². The van der Waals surface area contributed by atoms with Gasteiger partial charge in [0.1, 0.15) is 5.82 Å². The van der Waals surface area contributed by atoms with Crippen LogP contribution >= 0.6 is 0 Å². The molecule has 108 valence electrons. The highest BCUT2D eigenvalue weighted by molar-refractivity contribution is 5.86. The van der Waals surface area contributed by atoms with Gasteiger partial charge in [-0.3, -0.25) is 0 Å². The maximum absolute atomic E-state index is 6.56. The topological polar surface area (TPSA) is 43.8 Å². The molecule has 3 heteroatoms. The van der Waals surface area contributed by atoms with E-state index in [2.05, 4.69) is 41.0 Å². The first-order valence-corrected chi connectivity index (χ1v) is 7.40. The fourth-order valence-corrected chi connectivity index (χ4v) is 3.10. The molecule has 22 heavy (non-hydrogen) atoms. The van der Waals surface area contributed by atoms with Crippen LogP contribution in [0.25, 0.3) is 21.8 Å². The Morgan fingerprint density at radius 1 is 0.909 bits per heavy atom. The normalized spacial score (nSPS) is 12.8. The molecule has 1 heterocycles. The molecule has 0 fully saturated rings. The number of aromatic nitrogens is 2. The summed E-state index contributed by atoms with van der Waals surface area (Å²) in [6, 6.07) is 22.5. The van der Waals surface area contributed by atoms with E-state index in [-0.39, 0.29) is 6.04 Å². The molecule has 2 N–H and O–H groups in total. The smallest absolute Gasteiger partial charge is 0.131 e. The molecule has 0 aliphatic heterocycles. The van der Waals surface area contributed by atoms with Crippen molar-refractivity contribution in [3.05, 3.63) is 78.1 Å². The Bertz CT molecular complexity index is 963. The van der Waals surface area contributed by atoms with E-state index in [1.807, 2.05) is 37.4 Å². The lowest BCUT2D eigenvalue weighted by molar-refractivity contribution is 0.732. The van der Waals surface area contributed by atoms with Crippen molar-refractivity contribution in [2.75, 3.05) is 0 Å². The molecule has 4 rings (SSSR count). The van der Waals surface area contributed by atoms with Crippen LogP contribution in [0.3, 0.4) is 0 Å². The molecule has 0 saturated carbocycles. The van der Waals surface area contributed by atoms with Gasteiger partial charge in [0, 0.05) is 7.05 Å². The maximum atomic E-state index is 6.56. The molecule has 1 aromatic heterocycles. The van der Waals surface area contributed by atoms with Gasteiger partial charge in [-0.05, 0) is 28.5 Å². The number of fused-ring (bicyclic) bond motifs is 2. The average molecular weight is 287 g/mol. The number of para-hydroxylation sites is 2. The van der Waals surface area contributed by atoms with E-state index in [1.54, 1.807) is 0 Å². The lowest BCUT2D eigenvalue weighted by atomic mass is 9.99. The van der Waals surface area contributed by atoms with E-state index in [9.17, 15) is 0 Å². The van der Waals surface area contributed by atoms with E-state index in [0.29, 0.717) is 0 Å². The summed E-state index contributed by atoms with van der Waals surface area (Å²) in [7, 11) is 2.02. The van der Waals surface area contributed by atoms with E-state index in [1.165, 1.54) is 10.8 Å². The van der Waals surface area contributed by atoms with Crippen LogP contribution in [0.5, 0.6) is 0 Å². The molecule has 0 amide bonds. The van der Waals surface area contributed by atoms with E-state index < -0.39 is 0 Å². The summed E-state index contributed by atoms with van der Waals surface area (Å²) in [5.41, 5.74) is 9.76. The number of imidazole rings is 1. The standard InChI is InChI=1S/C19H17N3/c1-22-17-12-5-4-11-16(17)21-19(22)18(20)15-10-6-8-13-7-2-3-9-14(13)15/h2-12,18H,20H2,1H3. The summed E-state index contributed by atoms with van der Waals surface area (Å²) in [6.45, 7) is 0. The third-order valence-electron chi connectivity index (χ3n) is 4.26. The molecule has 1 unspecified atom stereocenters. The fraction of sp³-hybridized carbons (Fsp3) is 0.105. The van der Waals surface area contributed by atoms with Gasteiger partial charge in [-0.15, -0.1) is 0 Å². The van der Waals surface area contributed by atoms with E-state index >= 15 is 0 Å². The first-order chi connectivity index (χ1) is 10.8. The van der Waals surface area contributed by atoms with Gasteiger partial charge in [-0.25, -0.2) is 4.98 Å². The Morgan fingerprint density at radius 2 is 1.64 bits per heavy atom. The van der Waals surface area contributed by atoms with Gasteiger partial charge in [-0.2, -0.15) is 0 Å². The summed E-state index contributed by atoms with van der Waals surface area (Å²) < 4.78 is 2.09. The summed E-state index contributed by atoms with van der Waals surface area (Å²) in [4.78, 5) is 4.73. The minimum absolute atomic E-state index is 0.247. The van der Waals surface area contributed by atoms with Gasteiger partial charge in [0.15, 0.2) is 0 Å². The quantitative estimate of drug-likeness (QED) is 0.610. The Balaban J connectivity index is 1.92. The average Bonchev–Trinajstić information content (AvgIpc) is 2.91. The summed E-state index contributed by atoms with van der Waals surface area (Å²) in [5, 5.41) is 2.39. The van der Waals surface area contributed by atoms with E-state index in [0.717, 1.165) is 22.4 Å². The SMILES string of the molecule is Cn1c(C(N)c2cccc3ccccc23)nc2ccccc21. The van der Waals surface area contributed by atoms with Gasteiger partial charge >= 0.3 is 0 Å². The second-order valence-corrected chi connectivity index (χ2v) is 5.56. The Hall–Kier alpha value is -2.65. The summed E-state index contributed by atoms with van der Waals surface area (Å²) in [6.07, 6.45) is 0. The molecule has 4 aromatic rings. The number of hydrogen-bond acceptors (Lipinski definition) is 2. The van der Waals surface area contributed by atoms with Crippen molar-refractivity contribution in [2.45, 2.75) is 6.04 Å². The highest BCUT2D eigenvalue weighted by Crippen LogP contribution is 2.28. The molecular formula is C19H17N3. The maximum Gasteiger partial charge on any atom is 0.131 e. The largest absolute Gasteiger partial charge is 0.330 e. The number of nitrogens with zero attached hydrogens (tertiary/aromatic N) is 2. The highest BCUT2D eigenvalue weighted by Gasteiger charge is 2.18. The number of rotatable bonds is 2. The zero-order valence-corrected chi connectivity index (χ0v) is 12.4. The van der Waals surface area contributed by atoms with Crippen molar-refractivity contribution in [1.82, 2.24) is 9.55 Å². The van der Waals surface area contributed by atoms with Crippen LogP contribution in [0.1, 0.15) is 17.4 Å². The molecule has 3 aromatic carbocycles. The Kier molecular flexibility index (Phi) is 2.94. The number of aryl methyl sites for hydroxylation is 1. The molecular weight excluding hydrogens is 270 g/mol. The van der Waals surface area contributed by atoms with Gasteiger partial charge in [0.2, 0.25) is 0 Å². The predicted octanol–water partition coefficient (Wildman–Crippen LogP) is 3.77. The Labute approximate surface area is 129 Å². The van der Waals surface area contributed by atoms with Gasteiger partial charge in [-0.1, -0.05) is 54.6 Å². The third-order valence-corrected chi connectivity index (χ3v) is 4.26. The first kappa shape index (κ1) is 13.0. The number of hydrogen-bond donors (Lipinski definition) is 1. The molecule has 3 nitrogen and oxygen atoms in total. The Morgan fingerprint density at radius 3 is 2.50 bits per heavy atom. The molecule has 1 atom stereocenters. The van der Waals surface area contributed by atoms with Crippen molar-refractivity contribution in [2.24, 2.45) is 12.8 Å². The molecule has 0 aliphatic rings. The number of benzene rings is 3. The molecule has 0 saturated heterocycles. The summed E-state index contributed by atoms with van der Waals surface area (Å²) >= 11 is 0. The van der Waals surface area contributed by atoms with Gasteiger partial charge in [0.25, 0.3) is 0 Å².